The molecule has 1 fully saturated rings. The van der Waals surface area contributed by atoms with Crippen LogP contribution in [-0.2, 0) is 19.1 Å². The Labute approximate surface area is 130 Å². The van der Waals surface area contributed by atoms with Gasteiger partial charge in [0.15, 0.2) is 0 Å². The highest BCUT2D eigenvalue weighted by atomic mass is 16.6. The summed E-state index contributed by atoms with van der Waals surface area (Å²) >= 11 is 0. The summed E-state index contributed by atoms with van der Waals surface area (Å²) in [7, 11) is 1.69. The smallest absolute Gasteiger partial charge is 0.345 e. The average molecular weight is 312 g/mol. The number of ether oxygens (including phenoxy) is 2. The van der Waals surface area contributed by atoms with Crippen molar-refractivity contribution in [2.24, 2.45) is 0 Å². The van der Waals surface area contributed by atoms with Gasteiger partial charge < -0.3 is 19.5 Å². The molecule has 0 spiro atoms. The van der Waals surface area contributed by atoms with Crippen molar-refractivity contribution in [3.05, 3.63) is 11.8 Å². The van der Waals surface area contributed by atoms with Crippen molar-refractivity contribution in [3.8, 4) is 0 Å². The van der Waals surface area contributed by atoms with Gasteiger partial charge in [-0.3, -0.25) is 9.69 Å². The Morgan fingerprint density at radius 2 is 2.09 bits per heavy atom. The molecule has 1 saturated heterocycles. The molecule has 0 bridgehead atoms. The zero-order valence-corrected chi connectivity index (χ0v) is 13.5. The van der Waals surface area contributed by atoms with E-state index < -0.39 is 23.8 Å². The van der Waals surface area contributed by atoms with Crippen LogP contribution in [0.25, 0.3) is 0 Å². The minimum absolute atomic E-state index is 0.0411. The van der Waals surface area contributed by atoms with Gasteiger partial charge >= 0.3 is 5.97 Å². The number of nitrogens with zero attached hydrogens (tertiary/aromatic N) is 2. The molecular weight excluding hydrogens is 288 g/mol. The maximum Gasteiger partial charge on any atom is 0.345 e. The van der Waals surface area contributed by atoms with Gasteiger partial charge in [0.25, 0.3) is 11.8 Å². The summed E-state index contributed by atoms with van der Waals surface area (Å²) in [6.07, 6.45) is 1.73. The minimum Gasteiger partial charge on any atom is -0.462 e. The molecule has 2 rings (SSSR count). The summed E-state index contributed by atoms with van der Waals surface area (Å²) in [5, 5.41) is 10.5. The number of aliphatic hydroxyl groups is 1. The molecule has 2 aliphatic rings. The number of hydrogen-bond donors (Lipinski definition) is 1. The van der Waals surface area contributed by atoms with E-state index in [2.05, 4.69) is 0 Å². The van der Waals surface area contributed by atoms with Gasteiger partial charge in [-0.15, -0.1) is 0 Å². The first-order chi connectivity index (χ1) is 10.4. The number of piperidine rings is 1. The first-order valence-electron chi connectivity index (χ1n) is 7.67. The second kappa shape index (κ2) is 6.26. The van der Waals surface area contributed by atoms with Gasteiger partial charge in [0.05, 0.1) is 6.61 Å². The molecule has 3 atom stereocenters. The molecule has 0 unspecified atom stereocenters. The Morgan fingerprint density at radius 3 is 2.68 bits per heavy atom. The van der Waals surface area contributed by atoms with Gasteiger partial charge in [-0.1, -0.05) is 0 Å². The number of rotatable bonds is 4. The lowest BCUT2D eigenvalue weighted by Gasteiger charge is -2.57. The molecule has 1 amide bonds. The van der Waals surface area contributed by atoms with Crippen molar-refractivity contribution in [3.63, 3.8) is 0 Å². The summed E-state index contributed by atoms with van der Waals surface area (Å²) in [5.41, 5.74) is -0.0411. The Hall–Kier alpha value is -1.60. The van der Waals surface area contributed by atoms with E-state index in [1.54, 1.807) is 18.9 Å². The van der Waals surface area contributed by atoms with Crippen LogP contribution in [0.2, 0.25) is 0 Å². The molecule has 1 N–H and O–H groups in total. The van der Waals surface area contributed by atoms with Crippen molar-refractivity contribution in [2.45, 2.75) is 51.6 Å². The molecule has 0 aromatic rings. The van der Waals surface area contributed by atoms with E-state index in [1.807, 2.05) is 13.8 Å². The Kier molecular flexibility index (Phi) is 4.77. The van der Waals surface area contributed by atoms with Gasteiger partial charge in [-0.05, 0) is 33.6 Å². The first-order valence-corrected chi connectivity index (χ1v) is 7.67. The first kappa shape index (κ1) is 16.8. The van der Waals surface area contributed by atoms with E-state index in [9.17, 15) is 14.7 Å². The summed E-state index contributed by atoms with van der Waals surface area (Å²) in [4.78, 5) is 27.9. The van der Waals surface area contributed by atoms with E-state index in [1.165, 1.54) is 11.1 Å². The van der Waals surface area contributed by atoms with Crippen molar-refractivity contribution in [1.29, 1.82) is 0 Å². The number of carbonyl (C=O) groups excluding carboxylic acids is 2. The highest BCUT2D eigenvalue weighted by Crippen LogP contribution is 2.40. The van der Waals surface area contributed by atoms with Gasteiger partial charge in [0, 0.05) is 25.9 Å². The van der Waals surface area contributed by atoms with Crippen LogP contribution in [0.3, 0.4) is 0 Å². The van der Waals surface area contributed by atoms with Crippen LogP contribution in [0.5, 0.6) is 0 Å². The van der Waals surface area contributed by atoms with Gasteiger partial charge in [-0.25, -0.2) is 4.79 Å². The van der Waals surface area contributed by atoms with Gasteiger partial charge in [0.2, 0.25) is 0 Å². The third kappa shape index (κ3) is 2.38. The maximum absolute atomic E-state index is 12.8. The second-order valence-corrected chi connectivity index (χ2v) is 5.58. The van der Waals surface area contributed by atoms with Crippen LogP contribution in [0.15, 0.2) is 11.8 Å². The minimum atomic E-state index is -1.26. The van der Waals surface area contributed by atoms with Crippen LogP contribution in [-0.4, -0.2) is 65.0 Å². The van der Waals surface area contributed by atoms with Crippen LogP contribution in [0.1, 0.15) is 33.6 Å². The average Bonchev–Trinajstić information content (AvgIpc) is 2.47. The van der Waals surface area contributed by atoms with Gasteiger partial charge in [0.1, 0.15) is 11.7 Å². The molecule has 0 aliphatic carbocycles. The highest BCUT2D eigenvalue weighted by molar-refractivity contribution is 6.17. The number of fused-ring (bicyclic) bond motifs is 1. The molecule has 0 aromatic heterocycles. The molecule has 2 aliphatic heterocycles. The van der Waals surface area contributed by atoms with Crippen molar-refractivity contribution in [1.82, 2.24) is 9.80 Å². The Morgan fingerprint density at radius 1 is 1.41 bits per heavy atom. The molecule has 0 aromatic carbocycles. The van der Waals surface area contributed by atoms with E-state index in [0.717, 1.165) is 0 Å². The zero-order chi connectivity index (χ0) is 16.5. The van der Waals surface area contributed by atoms with Crippen LogP contribution in [0, 0.1) is 0 Å². The molecule has 7 nitrogen and oxygen atoms in total. The Bertz CT molecular complexity index is 492. The number of hydrogen-bond acceptors (Lipinski definition) is 6. The standard InChI is InChI=1S/C15H24N2O5/c1-5-21-14(20)11-9-16(4)15(22-6-2)12(18)8-7-10(3)17(15)13(11)19/h9-10,12,18H,5-8H2,1-4H3/t10-,12-,15-/m0/s1. The largest absolute Gasteiger partial charge is 0.462 e. The monoisotopic (exact) mass is 312 g/mol. The molecule has 2 heterocycles. The lowest BCUT2D eigenvalue weighted by molar-refractivity contribution is -0.293. The molecule has 0 radical (unpaired) electrons. The molecule has 22 heavy (non-hydrogen) atoms. The maximum atomic E-state index is 12.8. The summed E-state index contributed by atoms with van der Waals surface area (Å²) < 4.78 is 10.8. The zero-order valence-electron chi connectivity index (χ0n) is 13.5. The predicted molar refractivity (Wildman–Crippen MR) is 78.4 cm³/mol. The van der Waals surface area contributed by atoms with E-state index in [4.69, 9.17) is 9.47 Å². The number of likely N-dealkylation sites (N-methyl/N-ethyl adjacent to an activating group) is 1. The third-order valence-corrected chi connectivity index (χ3v) is 4.21. The quantitative estimate of drug-likeness (QED) is 0.599. The Balaban J connectivity index is 2.49. The summed E-state index contributed by atoms with van der Waals surface area (Å²) in [6, 6.07) is -0.150. The van der Waals surface area contributed by atoms with Crippen molar-refractivity contribution >= 4 is 11.9 Å². The van der Waals surface area contributed by atoms with Crippen molar-refractivity contribution in [2.75, 3.05) is 20.3 Å². The number of esters is 1. The third-order valence-electron chi connectivity index (χ3n) is 4.21. The number of carbonyl (C=O) groups is 2. The number of aliphatic hydroxyl groups excluding tert-OH is 1. The lowest BCUT2D eigenvalue weighted by Crippen LogP contribution is -2.74. The summed E-state index contributed by atoms with van der Waals surface area (Å²) in [5.74, 6) is -2.38. The fourth-order valence-electron chi connectivity index (χ4n) is 3.24. The molecule has 124 valence electrons. The van der Waals surface area contributed by atoms with E-state index in [-0.39, 0.29) is 18.2 Å². The van der Waals surface area contributed by atoms with Crippen LogP contribution in [0.4, 0.5) is 0 Å². The molecule has 7 heteroatoms. The highest BCUT2D eigenvalue weighted by Gasteiger charge is 2.57. The SMILES string of the molecule is CCOC(=O)C1=CN(C)[C@@]2(OCC)[C@@H](O)CC[C@H](C)N2C1=O. The number of amides is 1. The topological polar surface area (TPSA) is 79.3 Å². The second-order valence-electron chi connectivity index (χ2n) is 5.58. The summed E-state index contributed by atoms with van der Waals surface area (Å²) in [6.45, 7) is 5.91. The fraction of sp³-hybridized carbons (Fsp3) is 0.733. The lowest BCUT2D eigenvalue weighted by atomic mass is 9.91. The van der Waals surface area contributed by atoms with Crippen molar-refractivity contribution < 1.29 is 24.2 Å². The predicted octanol–water partition coefficient (Wildman–Crippen LogP) is 0.441. The van der Waals surface area contributed by atoms with Crippen LogP contribution < -0.4 is 0 Å². The van der Waals surface area contributed by atoms with E-state index >= 15 is 0 Å². The molecule has 0 saturated carbocycles. The van der Waals surface area contributed by atoms with Crippen LogP contribution >= 0.6 is 0 Å². The normalized spacial score (nSPS) is 31.7. The van der Waals surface area contributed by atoms with Gasteiger partial charge in [-0.2, -0.15) is 0 Å². The fourth-order valence-corrected chi connectivity index (χ4v) is 3.24. The molecular formula is C15H24N2O5. The van der Waals surface area contributed by atoms with E-state index in [0.29, 0.717) is 19.4 Å².